The standard InChI is InChI=1S/C30H37N3O7SSi/c1-30(2,3)42(7,8)40-16-15-39-24-14-13-22(31-27(24)19-9-11-21(12-10-19)41(6,35)36)28-32-23-17-20(37-4)18-25(38-5)26(23)29(34)33-28/h9-14,17-18H,15-16H2,1-8H3,(H,32,33,34). The molecule has 10 nitrogen and oxygen atoms in total. The largest absolute Gasteiger partial charge is 0.497 e. The molecule has 42 heavy (non-hydrogen) atoms. The second-order valence-electron chi connectivity index (χ2n) is 11.4. The number of sulfone groups is 1. The molecule has 0 spiro atoms. The van der Waals surface area contributed by atoms with Gasteiger partial charge in [-0.2, -0.15) is 0 Å². The molecule has 2 aromatic heterocycles. The van der Waals surface area contributed by atoms with Gasteiger partial charge in [0.1, 0.15) is 40.6 Å². The first-order valence-corrected chi connectivity index (χ1v) is 18.2. The first-order chi connectivity index (χ1) is 19.6. The number of ether oxygens (including phenoxy) is 3. The van der Waals surface area contributed by atoms with Crippen LogP contribution in [-0.4, -0.2) is 65.4 Å². The Hall–Kier alpha value is -3.74. The minimum atomic E-state index is -3.38. The van der Waals surface area contributed by atoms with Crippen LogP contribution in [-0.2, 0) is 14.3 Å². The van der Waals surface area contributed by atoms with Crippen LogP contribution < -0.4 is 19.8 Å². The van der Waals surface area contributed by atoms with Crippen LogP contribution in [0.2, 0.25) is 18.1 Å². The number of fused-ring (bicyclic) bond motifs is 1. The van der Waals surface area contributed by atoms with Gasteiger partial charge in [0.2, 0.25) is 0 Å². The zero-order chi connectivity index (χ0) is 30.9. The van der Waals surface area contributed by atoms with Crippen LogP contribution in [0.3, 0.4) is 0 Å². The highest BCUT2D eigenvalue weighted by molar-refractivity contribution is 7.90. The van der Waals surface area contributed by atoms with Crippen LogP contribution in [0.15, 0.2) is 58.2 Å². The van der Waals surface area contributed by atoms with E-state index in [1.54, 1.807) is 36.4 Å². The first-order valence-electron chi connectivity index (χ1n) is 13.4. The highest BCUT2D eigenvalue weighted by Crippen LogP contribution is 2.37. The van der Waals surface area contributed by atoms with Crippen molar-refractivity contribution in [1.29, 1.82) is 0 Å². The van der Waals surface area contributed by atoms with E-state index in [1.165, 1.54) is 26.4 Å². The fourth-order valence-electron chi connectivity index (χ4n) is 4.04. The summed E-state index contributed by atoms with van der Waals surface area (Å²) >= 11 is 0. The Kier molecular flexibility index (Phi) is 8.81. The number of nitrogens with one attached hydrogen (secondary N) is 1. The minimum absolute atomic E-state index is 0.0700. The minimum Gasteiger partial charge on any atom is -0.497 e. The van der Waals surface area contributed by atoms with Gasteiger partial charge in [0.05, 0.1) is 31.2 Å². The highest BCUT2D eigenvalue weighted by Gasteiger charge is 2.37. The van der Waals surface area contributed by atoms with Gasteiger partial charge in [0.25, 0.3) is 5.56 Å². The zero-order valence-corrected chi connectivity index (χ0v) is 27.0. The summed E-state index contributed by atoms with van der Waals surface area (Å²) in [6.07, 6.45) is 1.16. The van der Waals surface area contributed by atoms with Gasteiger partial charge in [-0.05, 0) is 42.4 Å². The number of aromatic nitrogens is 3. The molecule has 0 aliphatic heterocycles. The van der Waals surface area contributed by atoms with Gasteiger partial charge in [-0.15, -0.1) is 0 Å². The third-order valence-corrected chi connectivity index (χ3v) is 13.1. The van der Waals surface area contributed by atoms with Gasteiger partial charge in [0.15, 0.2) is 24.0 Å². The molecule has 0 aliphatic rings. The Labute approximate surface area is 247 Å². The van der Waals surface area contributed by atoms with E-state index < -0.39 is 23.7 Å². The van der Waals surface area contributed by atoms with Crippen LogP contribution >= 0.6 is 0 Å². The number of H-pyrrole nitrogens is 1. The SMILES string of the molecule is COc1cc(OC)c2c(=O)[nH]c(-c3ccc(OCCO[Si](C)(C)C(C)(C)C)c(-c4ccc(S(C)(=O)=O)cc4)n3)nc2c1. The molecule has 1 N–H and O–H groups in total. The summed E-state index contributed by atoms with van der Waals surface area (Å²) in [6, 6.07) is 13.1. The number of pyridine rings is 1. The highest BCUT2D eigenvalue weighted by atomic mass is 32.2. The van der Waals surface area contributed by atoms with E-state index >= 15 is 0 Å². The third-order valence-electron chi connectivity index (χ3n) is 7.47. The molecule has 0 fully saturated rings. The number of methoxy groups -OCH3 is 2. The zero-order valence-electron chi connectivity index (χ0n) is 25.2. The monoisotopic (exact) mass is 611 g/mol. The molecule has 0 saturated heterocycles. The van der Waals surface area contributed by atoms with E-state index in [0.717, 1.165) is 6.26 Å². The first kappa shape index (κ1) is 31.2. The van der Waals surface area contributed by atoms with Gasteiger partial charge >= 0.3 is 0 Å². The molecule has 2 aromatic carbocycles. The van der Waals surface area contributed by atoms with Crippen molar-refractivity contribution >= 4 is 29.1 Å². The number of rotatable bonds is 10. The summed E-state index contributed by atoms with van der Waals surface area (Å²) in [4.78, 5) is 25.5. The van der Waals surface area contributed by atoms with Crippen molar-refractivity contribution in [3.05, 3.63) is 58.9 Å². The summed E-state index contributed by atoms with van der Waals surface area (Å²) in [5, 5.41) is 0.362. The van der Waals surface area contributed by atoms with Gasteiger partial charge in [-0.25, -0.2) is 18.4 Å². The van der Waals surface area contributed by atoms with E-state index in [-0.39, 0.29) is 15.8 Å². The van der Waals surface area contributed by atoms with E-state index in [9.17, 15) is 13.2 Å². The average molecular weight is 612 g/mol. The van der Waals surface area contributed by atoms with E-state index in [4.69, 9.17) is 23.6 Å². The molecule has 0 radical (unpaired) electrons. The maximum atomic E-state index is 13.1. The summed E-state index contributed by atoms with van der Waals surface area (Å²) in [5.74, 6) is 1.56. The lowest BCUT2D eigenvalue weighted by Crippen LogP contribution is -2.41. The summed E-state index contributed by atoms with van der Waals surface area (Å²) < 4.78 is 47.2. The molecule has 0 atom stereocenters. The molecule has 4 rings (SSSR count). The molecule has 0 unspecified atom stereocenters. The predicted molar refractivity (Wildman–Crippen MR) is 166 cm³/mol. The summed E-state index contributed by atoms with van der Waals surface area (Å²) in [5.41, 5.74) is 1.48. The average Bonchev–Trinajstić information content (AvgIpc) is 2.93. The van der Waals surface area contributed by atoms with Gasteiger partial charge in [0, 0.05) is 24.0 Å². The van der Waals surface area contributed by atoms with E-state index in [2.05, 4.69) is 43.8 Å². The van der Waals surface area contributed by atoms with Crippen molar-refractivity contribution in [2.75, 3.05) is 33.7 Å². The lowest BCUT2D eigenvalue weighted by molar-refractivity contribution is 0.203. The Morgan fingerprint density at radius 2 is 1.60 bits per heavy atom. The maximum Gasteiger partial charge on any atom is 0.262 e. The van der Waals surface area contributed by atoms with Crippen LogP contribution in [0.4, 0.5) is 0 Å². The Morgan fingerprint density at radius 3 is 2.19 bits per heavy atom. The molecule has 224 valence electrons. The summed E-state index contributed by atoms with van der Waals surface area (Å²) in [6.45, 7) is 11.6. The van der Waals surface area contributed by atoms with E-state index in [0.29, 0.717) is 58.3 Å². The van der Waals surface area contributed by atoms with Crippen molar-refractivity contribution in [2.24, 2.45) is 0 Å². The summed E-state index contributed by atoms with van der Waals surface area (Å²) in [7, 11) is -2.34. The number of hydrogen-bond donors (Lipinski definition) is 1. The smallest absolute Gasteiger partial charge is 0.262 e. The fraction of sp³-hybridized carbons (Fsp3) is 0.367. The molecule has 12 heteroatoms. The van der Waals surface area contributed by atoms with Crippen LogP contribution in [0.1, 0.15) is 20.8 Å². The van der Waals surface area contributed by atoms with Crippen molar-refractivity contribution in [2.45, 2.75) is 43.8 Å². The Balaban J connectivity index is 1.75. The molecule has 0 amide bonds. The number of hydrogen-bond acceptors (Lipinski definition) is 9. The van der Waals surface area contributed by atoms with Crippen LogP contribution in [0.5, 0.6) is 17.2 Å². The van der Waals surface area contributed by atoms with Crippen molar-refractivity contribution in [3.63, 3.8) is 0 Å². The quantitative estimate of drug-likeness (QED) is 0.183. The van der Waals surface area contributed by atoms with Crippen LogP contribution in [0.25, 0.3) is 33.7 Å². The lowest BCUT2D eigenvalue weighted by Gasteiger charge is -2.36. The number of benzene rings is 2. The second-order valence-corrected chi connectivity index (χ2v) is 18.3. The second kappa shape index (κ2) is 11.9. The number of nitrogens with zero attached hydrogens (tertiary/aromatic N) is 2. The van der Waals surface area contributed by atoms with Crippen molar-refractivity contribution in [1.82, 2.24) is 15.0 Å². The maximum absolute atomic E-state index is 13.1. The molecular formula is C30H37N3O7SSi. The molecule has 0 saturated carbocycles. The van der Waals surface area contributed by atoms with Gasteiger partial charge in [-0.3, -0.25) is 4.79 Å². The van der Waals surface area contributed by atoms with Gasteiger partial charge in [-0.1, -0.05) is 32.9 Å². The molecular weight excluding hydrogens is 574 g/mol. The Bertz CT molecular complexity index is 1760. The van der Waals surface area contributed by atoms with Crippen LogP contribution in [0, 0.1) is 0 Å². The molecule has 0 bridgehead atoms. The third kappa shape index (κ3) is 6.66. The Morgan fingerprint density at radius 1 is 0.905 bits per heavy atom. The molecule has 4 aromatic rings. The fourth-order valence-corrected chi connectivity index (χ4v) is 5.69. The van der Waals surface area contributed by atoms with E-state index in [1.807, 2.05) is 0 Å². The lowest BCUT2D eigenvalue weighted by atomic mass is 10.1. The van der Waals surface area contributed by atoms with Crippen molar-refractivity contribution < 1.29 is 27.1 Å². The normalized spacial score (nSPS) is 12.4. The molecule has 0 aliphatic carbocycles. The van der Waals surface area contributed by atoms with Gasteiger partial charge < -0.3 is 23.6 Å². The number of aromatic amines is 1. The topological polar surface area (TPSA) is 130 Å². The predicted octanol–water partition coefficient (Wildman–Crippen LogP) is 5.47. The van der Waals surface area contributed by atoms with Crippen molar-refractivity contribution in [3.8, 4) is 40.0 Å². The molecule has 2 heterocycles.